The van der Waals surface area contributed by atoms with Crippen molar-refractivity contribution in [2.75, 3.05) is 6.54 Å². The minimum Gasteiger partial charge on any atom is -0.315 e. The molecule has 90 valence electrons. The van der Waals surface area contributed by atoms with Crippen LogP contribution in [0.1, 0.15) is 37.5 Å². The lowest BCUT2D eigenvalue weighted by molar-refractivity contribution is 0.495. The van der Waals surface area contributed by atoms with E-state index in [0.29, 0.717) is 6.04 Å². The second-order valence-corrected chi connectivity index (χ2v) is 4.73. The van der Waals surface area contributed by atoms with Crippen LogP contribution < -0.4 is 5.32 Å². The second kappa shape index (κ2) is 4.45. The van der Waals surface area contributed by atoms with E-state index in [-0.39, 0.29) is 0 Å². The highest BCUT2D eigenvalue weighted by atomic mass is 15.1. The van der Waals surface area contributed by atoms with Gasteiger partial charge in [0.15, 0.2) is 5.65 Å². The second-order valence-electron chi connectivity index (χ2n) is 4.73. The van der Waals surface area contributed by atoms with Gasteiger partial charge in [0.05, 0.1) is 6.04 Å². The Kier molecular flexibility index (Phi) is 2.81. The van der Waals surface area contributed by atoms with E-state index < -0.39 is 0 Å². The molecule has 4 nitrogen and oxygen atoms in total. The van der Waals surface area contributed by atoms with Gasteiger partial charge in [-0.1, -0.05) is 12.8 Å². The van der Waals surface area contributed by atoms with Crippen molar-refractivity contribution in [2.24, 2.45) is 7.05 Å². The van der Waals surface area contributed by atoms with E-state index in [2.05, 4.69) is 21.9 Å². The molecule has 0 bridgehead atoms. The van der Waals surface area contributed by atoms with Gasteiger partial charge >= 0.3 is 0 Å². The first-order valence-corrected chi connectivity index (χ1v) is 6.37. The topological polar surface area (TPSA) is 42.7 Å². The summed E-state index contributed by atoms with van der Waals surface area (Å²) in [6.07, 6.45) is 6.89. The summed E-state index contributed by atoms with van der Waals surface area (Å²) in [6, 6.07) is 4.36. The summed E-state index contributed by atoms with van der Waals surface area (Å²) in [4.78, 5) is 9.11. The standard InChI is InChI=1S/C13H18N4/c1-17-12-11(7-5-9-15-12)16-13(17)10-6-3-2-4-8-14-10/h5,7,9-10,14H,2-4,6,8H2,1H3. The molecule has 2 aromatic heterocycles. The molecule has 1 N–H and O–H groups in total. The fraction of sp³-hybridized carbons (Fsp3) is 0.538. The molecule has 1 fully saturated rings. The molecule has 1 unspecified atom stereocenters. The Morgan fingerprint density at radius 3 is 3.18 bits per heavy atom. The van der Waals surface area contributed by atoms with E-state index in [0.717, 1.165) is 23.5 Å². The van der Waals surface area contributed by atoms with Gasteiger partial charge in [0.25, 0.3) is 0 Å². The predicted octanol–water partition coefficient (Wildman–Crippen LogP) is 2.17. The third-order valence-corrected chi connectivity index (χ3v) is 3.53. The lowest BCUT2D eigenvalue weighted by Gasteiger charge is -2.15. The largest absolute Gasteiger partial charge is 0.315 e. The van der Waals surface area contributed by atoms with Crippen LogP contribution in [0, 0.1) is 0 Å². The Hall–Kier alpha value is -1.42. The Bertz CT molecular complexity index is 509. The summed E-state index contributed by atoms with van der Waals surface area (Å²) in [7, 11) is 2.06. The smallest absolute Gasteiger partial charge is 0.159 e. The van der Waals surface area contributed by atoms with Gasteiger partial charge < -0.3 is 9.88 Å². The van der Waals surface area contributed by atoms with Gasteiger partial charge in [-0.3, -0.25) is 0 Å². The molecule has 0 saturated carbocycles. The van der Waals surface area contributed by atoms with Gasteiger partial charge in [0.2, 0.25) is 0 Å². The van der Waals surface area contributed by atoms with E-state index in [1.165, 1.54) is 25.7 Å². The summed E-state index contributed by atoms with van der Waals surface area (Å²) >= 11 is 0. The maximum absolute atomic E-state index is 4.72. The molecule has 1 aliphatic rings. The van der Waals surface area contributed by atoms with Crippen molar-refractivity contribution in [3.05, 3.63) is 24.2 Å². The van der Waals surface area contributed by atoms with Crippen molar-refractivity contribution >= 4 is 11.2 Å². The van der Waals surface area contributed by atoms with Crippen LogP contribution in [0.25, 0.3) is 11.2 Å². The first-order chi connectivity index (χ1) is 8.36. The Labute approximate surface area is 101 Å². The third-order valence-electron chi connectivity index (χ3n) is 3.53. The molecule has 0 aromatic carbocycles. The molecule has 2 aromatic rings. The summed E-state index contributed by atoms with van der Waals surface area (Å²) in [5, 5.41) is 3.59. The van der Waals surface area contributed by atoms with Crippen molar-refractivity contribution in [2.45, 2.75) is 31.7 Å². The van der Waals surface area contributed by atoms with Gasteiger partial charge in [-0.05, 0) is 31.5 Å². The van der Waals surface area contributed by atoms with Crippen LogP contribution >= 0.6 is 0 Å². The van der Waals surface area contributed by atoms with Crippen molar-refractivity contribution < 1.29 is 0 Å². The predicted molar refractivity (Wildman–Crippen MR) is 67.7 cm³/mol. The average molecular weight is 230 g/mol. The zero-order chi connectivity index (χ0) is 11.7. The molecule has 17 heavy (non-hydrogen) atoms. The first kappa shape index (κ1) is 10.7. The number of aryl methyl sites for hydroxylation is 1. The van der Waals surface area contributed by atoms with Crippen LogP contribution in [0.15, 0.2) is 18.3 Å². The SMILES string of the molecule is Cn1c(C2CCCCCN2)nc2cccnc21. The number of fused-ring (bicyclic) bond motifs is 1. The third kappa shape index (κ3) is 1.93. The molecule has 1 saturated heterocycles. The van der Waals surface area contributed by atoms with Gasteiger partial charge in [-0.25, -0.2) is 9.97 Å². The van der Waals surface area contributed by atoms with Crippen molar-refractivity contribution in [3.8, 4) is 0 Å². The molecular formula is C13H18N4. The van der Waals surface area contributed by atoms with Crippen LogP contribution in [0.4, 0.5) is 0 Å². The quantitative estimate of drug-likeness (QED) is 0.816. The molecule has 1 aliphatic heterocycles. The van der Waals surface area contributed by atoms with E-state index in [1.807, 2.05) is 18.3 Å². The Morgan fingerprint density at radius 2 is 2.29 bits per heavy atom. The number of hydrogen-bond acceptors (Lipinski definition) is 3. The molecule has 0 amide bonds. The minimum absolute atomic E-state index is 0.386. The number of nitrogens with zero attached hydrogens (tertiary/aromatic N) is 3. The monoisotopic (exact) mass is 230 g/mol. The lowest BCUT2D eigenvalue weighted by atomic mass is 10.1. The molecule has 4 heteroatoms. The van der Waals surface area contributed by atoms with Crippen LogP contribution in [-0.4, -0.2) is 21.1 Å². The molecule has 3 rings (SSSR count). The Balaban J connectivity index is 2.01. The fourth-order valence-electron chi connectivity index (χ4n) is 2.60. The van der Waals surface area contributed by atoms with E-state index in [9.17, 15) is 0 Å². The van der Waals surface area contributed by atoms with E-state index in [1.54, 1.807) is 0 Å². The number of aromatic nitrogens is 3. The van der Waals surface area contributed by atoms with Gasteiger partial charge in [-0.15, -0.1) is 0 Å². The van der Waals surface area contributed by atoms with Crippen molar-refractivity contribution in [3.63, 3.8) is 0 Å². The zero-order valence-corrected chi connectivity index (χ0v) is 10.2. The maximum Gasteiger partial charge on any atom is 0.159 e. The average Bonchev–Trinajstić information content (AvgIpc) is 2.57. The highest BCUT2D eigenvalue weighted by molar-refractivity contribution is 5.71. The van der Waals surface area contributed by atoms with Crippen molar-refractivity contribution in [1.82, 2.24) is 19.9 Å². The van der Waals surface area contributed by atoms with Gasteiger partial charge in [0.1, 0.15) is 11.3 Å². The number of hydrogen-bond donors (Lipinski definition) is 1. The fourth-order valence-corrected chi connectivity index (χ4v) is 2.60. The lowest BCUT2D eigenvalue weighted by Crippen LogP contribution is -2.23. The summed E-state index contributed by atoms with van der Waals surface area (Å²) < 4.78 is 2.12. The summed E-state index contributed by atoms with van der Waals surface area (Å²) in [6.45, 7) is 1.10. The molecular weight excluding hydrogens is 212 g/mol. The van der Waals surface area contributed by atoms with Gasteiger partial charge in [-0.2, -0.15) is 0 Å². The summed E-state index contributed by atoms with van der Waals surface area (Å²) in [5.74, 6) is 1.13. The number of pyridine rings is 1. The van der Waals surface area contributed by atoms with E-state index >= 15 is 0 Å². The van der Waals surface area contributed by atoms with E-state index in [4.69, 9.17) is 4.98 Å². The highest BCUT2D eigenvalue weighted by Gasteiger charge is 2.19. The number of imidazole rings is 1. The molecule has 0 aliphatic carbocycles. The van der Waals surface area contributed by atoms with Crippen LogP contribution in [0.2, 0.25) is 0 Å². The van der Waals surface area contributed by atoms with Crippen LogP contribution in [0.5, 0.6) is 0 Å². The molecule has 0 radical (unpaired) electrons. The maximum atomic E-state index is 4.72. The summed E-state index contributed by atoms with van der Waals surface area (Å²) in [5.41, 5.74) is 1.98. The van der Waals surface area contributed by atoms with Crippen LogP contribution in [-0.2, 0) is 7.05 Å². The Morgan fingerprint density at radius 1 is 1.35 bits per heavy atom. The number of rotatable bonds is 1. The molecule has 3 heterocycles. The first-order valence-electron chi connectivity index (χ1n) is 6.37. The normalized spacial score (nSPS) is 21.6. The highest BCUT2D eigenvalue weighted by Crippen LogP contribution is 2.24. The molecule has 1 atom stereocenters. The molecule has 0 spiro atoms. The number of nitrogens with one attached hydrogen (secondary N) is 1. The van der Waals surface area contributed by atoms with Gasteiger partial charge in [0, 0.05) is 13.2 Å². The van der Waals surface area contributed by atoms with Crippen LogP contribution in [0.3, 0.4) is 0 Å². The zero-order valence-electron chi connectivity index (χ0n) is 10.2. The minimum atomic E-state index is 0.386. The van der Waals surface area contributed by atoms with Crippen molar-refractivity contribution in [1.29, 1.82) is 0 Å².